The van der Waals surface area contributed by atoms with E-state index >= 15 is 0 Å². The SMILES string of the molecule is CN(CC(=O)NC1CC1)C(=O)COC(=O)c1cc2c(s1)CCCCC2. The summed E-state index contributed by atoms with van der Waals surface area (Å²) in [5, 5.41) is 2.82. The third-order valence-electron chi connectivity index (χ3n) is 4.52. The summed E-state index contributed by atoms with van der Waals surface area (Å²) in [5.41, 5.74) is 1.25. The summed E-state index contributed by atoms with van der Waals surface area (Å²) in [5.74, 6) is -1.01. The quantitative estimate of drug-likeness (QED) is 0.618. The Kier molecular flexibility index (Phi) is 5.73. The van der Waals surface area contributed by atoms with Crippen molar-refractivity contribution in [2.24, 2.45) is 0 Å². The van der Waals surface area contributed by atoms with Crippen LogP contribution in [0.2, 0.25) is 0 Å². The zero-order valence-electron chi connectivity index (χ0n) is 14.5. The highest BCUT2D eigenvalue weighted by Crippen LogP contribution is 2.29. The van der Waals surface area contributed by atoms with E-state index < -0.39 is 5.97 Å². The number of hydrogen-bond donors (Lipinski definition) is 1. The Balaban J connectivity index is 1.46. The summed E-state index contributed by atoms with van der Waals surface area (Å²) in [4.78, 5) is 39.0. The van der Waals surface area contributed by atoms with Crippen molar-refractivity contribution < 1.29 is 19.1 Å². The molecule has 0 unspecified atom stereocenters. The first-order valence-corrected chi connectivity index (χ1v) is 9.66. The van der Waals surface area contributed by atoms with Crippen LogP contribution < -0.4 is 5.32 Å². The summed E-state index contributed by atoms with van der Waals surface area (Å²) in [6.45, 7) is -0.352. The average Bonchev–Trinajstić information content (AvgIpc) is 3.34. The number of hydrogen-bond acceptors (Lipinski definition) is 5. The van der Waals surface area contributed by atoms with Gasteiger partial charge in [0.1, 0.15) is 4.88 Å². The van der Waals surface area contributed by atoms with E-state index in [-0.39, 0.29) is 31.0 Å². The lowest BCUT2D eigenvalue weighted by molar-refractivity contribution is -0.137. The Bertz CT molecular complexity index is 643. The van der Waals surface area contributed by atoms with Crippen molar-refractivity contribution in [1.29, 1.82) is 0 Å². The van der Waals surface area contributed by atoms with Gasteiger partial charge in [-0.3, -0.25) is 9.59 Å². The number of fused-ring (bicyclic) bond motifs is 1. The molecule has 0 aromatic carbocycles. The molecule has 2 aliphatic carbocycles. The van der Waals surface area contributed by atoms with E-state index in [4.69, 9.17) is 4.74 Å². The van der Waals surface area contributed by atoms with Crippen molar-refractivity contribution in [3.63, 3.8) is 0 Å². The molecule has 0 saturated heterocycles. The highest BCUT2D eigenvalue weighted by atomic mass is 32.1. The molecule has 7 heteroatoms. The summed E-state index contributed by atoms with van der Waals surface area (Å²) >= 11 is 1.48. The van der Waals surface area contributed by atoms with Gasteiger partial charge in [0.2, 0.25) is 5.91 Å². The largest absolute Gasteiger partial charge is 0.451 e. The molecule has 25 heavy (non-hydrogen) atoms. The van der Waals surface area contributed by atoms with Crippen LogP contribution in [0.5, 0.6) is 0 Å². The van der Waals surface area contributed by atoms with Crippen LogP contribution in [0.4, 0.5) is 0 Å². The van der Waals surface area contributed by atoms with Crippen molar-refractivity contribution in [3.8, 4) is 0 Å². The molecule has 3 rings (SSSR count). The zero-order valence-corrected chi connectivity index (χ0v) is 15.3. The highest BCUT2D eigenvalue weighted by molar-refractivity contribution is 7.14. The predicted octanol–water partition coefficient (Wildman–Crippen LogP) is 1.91. The number of nitrogens with one attached hydrogen (secondary N) is 1. The molecule has 0 spiro atoms. The number of likely N-dealkylation sites (N-methyl/N-ethyl adjacent to an activating group) is 1. The smallest absolute Gasteiger partial charge is 0.348 e. The molecular weight excluding hydrogens is 340 g/mol. The number of rotatable bonds is 6. The molecule has 0 atom stereocenters. The number of esters is 1. The molecule has 1 N–H and O–H groups in total. The lowest BCUT2D eigenvalue weighted by Gasteiger charge is -2.16. The Hall–Kier alpha value is -1.89. The first-order valence-electron chi connectivity index (χ1n) is 8.85. The number of thiophene rings is 1. The van der Waals surface area contributed by atoms with Crippen LogP contribution in [0, 0.1) is 0 Å². The molecular formula is C18H24N2O4S. The molecule has 0 aliphatic heterocycles. The van der Waals surface area contributed by atoms with Gasteiger partial charge in [-0.25, -0.2) is 4.79 Å². The van der Waals surface area contributed by atoms with Gasteiger partial charge in [-0.15, -0.1) is 11.3 Å². The van der Waals surface area contributed by atoms with E-state index in [1.54, 1.807) is 0 Å². The molecule has 1 saturated carbocycles. The molecule has 2 amide bonds. The van der Waals surface area contributed by atoms with Gasteiger partial charge in [0, 0.05) is 18.0 Å². The molecule has 1 heterocycles. The van der Waals surface area contributed by atoms with Gasteiger partial charge in [-0.1, -0.05) is 6.42 Å². The maximum atomic E-state index is 12.2. The van der Waals surface area contributed by atoms with Crippen LogP contribution in [0.25, 0.3) is 0 Å². The number of nitrogens with zero attached hydrogens (tertiary/aromatic N) is 1. The number of aryl methyl sites for hydroxylation is 2. The molecule has 0 bridgehead atoms. The van der Waals surface area contributed by atoms with E-state index in [1.807, 2.05) is 6.07 Å². The molecule has 1 aromatic heterocycles. The van der Waals surface area contributed by atoms with Gasteiger partial charge in [0.15, 0.2) is 6.61 Å². The van der Waals surface area contributed by atoms with E-state index in [2.05, 4.69) is 5.32 Å². The van der Waals surface area contributed by atoms with Gasteiger partial charge in [-0.05, 0) is 50.2 Å². The second kappa shape index (κ2) is 7.99. The van der Waals surface area contributed by atoms with Crippen molar-refractivity contribution >= 4 is 29.1 Å². The maximum absolute atomic E-state index is 12.2. The van der Waals surface area contributed by atoms with E-state index in [0.717, 1.165) is 38.5 Å². The predicted molar refractivity (Wildman–Crippen MR) is 94.7 cm³/mol. The van der Waals surface area contributed by atoms with E-state index in [1.165, 1.54) is 40.1 Å². The second-order valence-corrected chi connectivity index (χ2v) is 7.92. The molecule has 2 aliphatic rings. The summed E-state index contributed by atoms with van der Waals surface area (Å²) in [7, 11) is 1.54. The van der Waals surface area contributed by atoms with Crippen molar-refractivity contribution in [2.75, 3.05) is 20.2 Å². The van der Waals surface area contributed by atoms with Crippen LogP contribution >= 0.6 is 11.3 Å². The third-order valence-corrected chi connectivity index (χ3v) is 5.74. The van der Waals surface area contributed by atoms with Gasteiger partial charge in [0.25, 0.3) is 5.91 Å². The van der Waals surface area contributed by atoms with Crippen molar-refractivity contribution in [1.82, 2.24) is 10.2 Å². The fraction of sp³-hybridized carbons (Fsp3) is 0.611. The zero-order chi connectivity index (χ0) is 17.8. The lowest BCUT2D eigenvalue weighted by Crippen LogP contribution is -2.40. The normalized spacial score (nSPS) is 16.5. The van der Waals surface area contributed by atoms with Crippen LogP contribution in [0.15, 0.2) is 6.07 Å². The molecule has 0 radical (unpaired) electrons. The number of carbonyl (C=O) groups excluding carboxylic acids is 3. The van der Waals surface area contributed by atoms with Crippen molar-refractivity contribution in [2.45, 2.75) is 51.0 Å². The van der Waals surface area contributed by atoms with Gasteiger partial charge in [-0.2, -0.15) is 0 Å². The number of amides is 2. The number of ether oxygens (including phenoxy) is 1. The maximum Gasteiger partial charge on any atom is 0.348 e. The monoisotopic (exact) mass is 364 g/mol. The molecule has 6 nitrogen and oxygen atoms in total. The summed E-state index contributed by atoms with van der Waals surface area (Å²) in [6.07, 6.45) is 7.59. The highest BCUT2D eigenvalue weighted by Gasteiger charge is 2.25. The van der Waals surface area contributed by atoms with Gasteiger partial charge in [0.05, 0.1) is 6.54 Å². The van der Waals surface area contributed by atoms with Crippen LogP contribution in [-0.2, 0) is 27.2 Å². The number of carbonyl (C=O) groups is 3. The minimum absolute atomic E-state index is 0.0137. The van der Waals surface area contributed by atoms with Crippen LogP contribution in [0.3, 0.4) is 0 Å². The summed E-state index contributed by atoms with van der Waals surface area (Å²) < 4.78 is 5.14. The Morgan fingerprint density at radius 1 is 1.24 bits per heavy atom. The van der Waals surface area contributed by atoms with Crippen LogP contribution in [0.1, 0.15) is 52.2 Å². The first kappa shape index (κ1) is 17.9. The minimum Gasteiger partial charge on any atom is -0.451 e. The van der Waals surface area contributed by atoms with Crippen LogP contribution in [-0.4, -0.2) is 48.9 Å². The van der Waals surface area contributed by atoms with E-state index in [9.17, 15) is 14.4 Å². The topological polar surface area (TPSA) is 75.7 Å². The Labute approximate surface area is 151 Å². The third kappa shape index (κ3) is 5.04. The second-order valence-electron chi connectivity index (χ2n) is 6.79. The molecule has 136 valence electrons. The average molecular weight is 364 g/mol. The summed E-state index contributed by atoms with van der Waals surface area (Å²) in [6, 6.07) is 2.17. The molecule has 1 fully saturated rings. The Morgan fingerprint density at radius 2 is 2.00 bits per heavy atom. The lowest BCUT2D eigenvalue weighted by atomic mass is 10.1. The van der Waals surface area contributed by atoms with E-state index in [0.29, 0.717) is 4.88 Å². The standard InChI is InChI=1S/C18H24N2O4S/c1-20(10-16(21)19-13-7-8-13)17(22)11-24-18(23)15-9-12-5-3-2-4-6-14(12)25-15/h9,13H,2-8,10-11H2,1H3,(H,19,21). The fourth-order valence-corrected chi connectivity index (χ4v) is 4.03. The first-order chi connectivity index (χ1) is 12.0. The van der Waals surface area contributed by atoms with Gasteiger partial charge >= 0.3 is 5.97 Å². The minimum atomic E-state index is -0.456. The van der Waals surface area contributed by atoms with Gasteiger partial charge < -0.3 is 15.0 Å². The fourth-order valence-electron chi connectivity index (χ4n) is 2.88. The van der Waals surface area contributed by atoms with Crippen molar-refractivity contribution in [3.05, 3.63) is 21.4 Å². The Morgan fingerprint density at radius 3 is 2.76 bits per heavy atom. The molecule has 1 aromatic rings.